The van der Waals surface area contributed by atoms with Gasteiger partial charge in [0.1, 0.15) is 0 Å². The van der Waals surface area contributed by atoms with E-state index in [1.165, 1.54) is 45.6 Å². The molecule has 1 aliphatic carbocycles. The average Bonchev–Trinajstić information content (AvgIpc) is 3.27. The van der Waals surface area contributed by atoms with Crippen LogP contribution in [-0.4, -0.2) is 75.2 Å². The van der Waals surface area contributed by atoms with Crippen LogP contribution >= 0.6 is 24.0 Å². The molecule has 118 valence electrons. The summed E-state index contributed by atoms with van der Waals surface area (Å²) in [6.07, 6.45) is 2.76. The average molecular weight is 395 g/mol. The minimum atomic E-state index is 0. The molecule has 1 heterocycles. The number of likely N-dealkylation sites (N-methyl/N-ethyl adjacent to an activating group) is 1. The Balaban J connectivity index is 0.00000200. The Morgan fingerprint density at radius 2 is 1.75 bits per heavy atom. The molecule has 1 aliphatic heterocycles. The molecule has 0 aromatic heterocycles. The van der Waals surface area contributed by atoms with Crippen LogP contribution in [0.25, 0.3) is 0 Å². The number of rotatable bonds is 6. The van der Waals surface area contributed by atoms with Gasteiger partial charge in [0, 0.05) is 52.9 Å². The maximum Gasteiger partial charge on any atom is 0.191 e. The molecule has 0 atom stereocenters. The van der Waals surface area contributed by atoms with Crippen molar-refractivity contribution in [3.8, 4) is 0 Å². The van der Waals surface area contributed by atoms with E-state index in [4.69, 9.17) is 0 Å². The van der Waals surface area contributed by atoms with Gasteiger partial charge in [0.15, 0.2) is 5.96 Å². The first kappa shape index (κ1) is 18.0. The summed E-state index contributed by atoms with van der Waals surface area (Å²) >= 11 is 0. The van der Waals surface area contributed by atoms with Crippen LogP contribution in [0.1, 0.15) is 19.8 Å². The molecular formula is C14H30IN5. The number of guanidine groups is 1. The van der Waals surface area contributed by atoms with Crippen LogP contribution in [0.15, 0.2) is 4.99 Å². The quantitative estimate of drug-likeness (QED) is 0.397. The summed E-state index contributed by atoms with van der Waals surface area (Å²) in [5.74, 6) is 1.85. The Morgan fingerprint density at radius 3 is 2.30 bits per heavy atom. The Hall–Kier alpha value is -0.0800. The molecule has 0 aromatic carbocycles. The summed E-state index contributed by atoms with van der Waals surface area (Å²) in [4.78, 5) is 9.31. The van der Waals surface area contributed by atoms with E-state index in [1.54, 1.807) is 0 Å². The van der Waals surface area contributed by atoms with Crippen molar-refractivity contribution in [3.63, 3.8) is 0 Å². The van der Waals surface area contributed by atoms with Crippen molar-refractivity contribution in [3.05, 3.63) is 0 Å². The maximum atomic E-state index is 4.26. The number of nitrogens with zero attached hydrogens (tertiary/aromatic N) is 3. The SMILES string of the molecule is CCN1CCN(CCNC(=NC)NCC2CC2)CC1.I. The predicted molar refractivity (Wildman–Crippen MR) is 96.1 cm³/mol. The molecule has 2 N–H and O–H groups in total. The lowest BCUT2D eigenvalue weighted by Gasteiger charge is -2.34. The Labute approximate surface area is 140 Å². The fraction of sp³-hybridized carbons (Fsp3) is 0.929. The Morgan fingerprint density at radius 1 is 1.10 bits per heavy atom. The van der Waals surface area contributed by atoms with E-state index in [1.807, 2.05) is 7.05 Å². The van der Waals surface area contributed by atoms with Crippen LogP contribution in [0.4, 0.5) is 0 Å². The summed E-state index contributed by atoms with van der Waals surface area (Å²) in [5.41, 5.74) is 0. The van der Waals surface area contributed by atoms with Crippen LogP contribution < -0.4 is 10.6 Å². The van der Waals surface area contributed by atoms with Gasteiger partial charge in [0.05, 0.1) is 0 Å². The fourth-order valence-electron chi connectivity index (χ4n) is 2.45. The molecule has 0 aromatic rings. The zero-order chi connectivity index (χ0) is 13.5. The van der Waals surface area contributed by atoms with Gasteiger partial charge in [-0.3, -0.25) is 9.89 Å². The van der Waals surface area contributed by atoms with Crippen molar-refractivity contribution < 1.29 is 0 Å². The third-order valence-electron chi connectivity index (χ3n) is 4.11. The zero-order valence-electron chi connectivity index (χ0n) is 12.9. The molecule has 2 fully saturated rings. The first-order chi connectivity index (χ1) is 9.31. The van der Waals surface area contributed by atoms with Crippen molar-refractivity contribution in [1.29, 1.82) is 0 Å². The molecule has 0 radical (unpaired) electrons. The van der Waals surface area contributed by atoms with Gasteiger partial charge in [-0.1, -0.05) is 6.92 Å². The minimum Gasteiger partial charge on any atom is -0.356 e. The maximum absolute atomic E-state index is 4.26. The van der Waals surface area contributed by atoms with Crippen molar-refractivity contribution in [2.24, 2.45) is 10.9 Å². The minimum absolute atomic E-state index is 0. The van der Waals surface area contributed by atoms with E-state index in [0.29, 0.717) is 0 Å². The van der Waals surface area contributed by atoms with Gasteiger partial charge in [0.25, 0.3) is 0 Å². The monoisotopic (exact) mass is 395 g/mol. The van der Waals surface area contributed by atoms with Gasteiger partial charge in [-0.05, 0) is 25.3 Å². The van der Waals surface area contributed by atoms with Crippen LogP contribution in [-0.2, 0) is 0 Å². The summed E-state index contributed by atoms with van der Waals surface area (Å²) < 4.78 is 0. The van der Waals surface area contributed by atoms with Gasteiger partial charge >= 0.3 is 0 Å². The first-order valence-electron chi connectivity index (χ1n) is 7.71. The fourth-order valence-corrected chi connectivity index (χ4v) is 2.45. The standard InChI is InChI=1S/C14H29N5.HI/c1-3-18-8-10-19(11-9-18)7-6-16-14(15-2)17-12-13-4-5-13;/h13H,3-12H2,1-2H3,(H2,15,16,17);1H. The molecule has 20 heavy (non-hydrogen) atoms. The topological polar surface area (TPSA) is 42.9 Å². The van der Waals surface area contributed by atoms with Crippen LogP contribution in [0.2, 0.25) is 0 Å². The van der Waals surface area contributed by atoms with Crippen LogP contribution in [0, 0.1) is 5.92 Å². The molecule has 0 unspecified atom stereocenters. The molecule has 2 rings (SSSR count). The molecule has 1 saturated heterocycles. The molecule has 0 bridgehead atoms. The van der Waals surface area contributed by atoms with E-state index in [2.05, 4.69) is 32.3 Å². The largest absolute Gasteiger partial charge is 0.356 e. The number of hydrogen-bond acceptors (Lipinski definition) is 3. The number of halogens is 1. The Kier molecular flexibility index (Phi) is 8.79. The van der Waals surface area contributed by atoms with E-state index >= 15 is 0 Å². The van der Waals surface area contributed by atoms with Crippen LogP contribution in [0.5, 0.6) is 0 Å². The molecule has 6 heteroatoms. The zero-order valence-corrected chi connectivity index (χ0v) is 15.2. The van der Waals surface area contributed by atoms with Gasteiger partial charge in [-0.15, -0.1) is 24.0 Å². The van der Waals surface area contributed by atoms with E-state index in [9.17, 15) is 0 Å². The highest BCUT2D eigenvalue weighted by Crippen LogP contribution is 2.27. The normalized spacial score (nSPS) is 21.4. The van der Waals surface area contributed by atoms with E-state index < -0.39 is 0 Å². The number of piperazine rings is 1. The highest BCUT2D eigenvalue weighted by molar-refractivity contribution is 14.0. The molecule has 1 saturated carbocycles. The molecule has 0 spiro atoms. The lowest BCUT2D eigenvalue weighted by molar-refractivity contribution is 0.139. The summed E-state index contributed by atoms with van der Waals surface area (Å²) in [6.45, 7) is 11.4. The van der Waals surface area contributed by atoms with E-state index in [-0.39, 0.29) is 24.0 Å². The van der Waals surface area contributed by atoms with Crippen molar-refractivity contribution >= 4 is 29.9 Å². The summed E-state index contributed by atoms with van der Waals surface area (Å²) in [7, 11) is 1.85. The van der Waals surface area contributed by atoms with Gasteiger partial charge in [-0.2, -0.15) is 0 Å². The third kappa shape index (κ3) is 6.58. The van der Waals surface area contributed by atoms with E-state index in [0.717, 1.165) is 31.5 Å². The van der Waals surface area contributed by atoms with Gasteiger partial charge < -0.3 is 15.5 Å². The second-order valence-corrected chi connectivity index (χ2v) is 5.60. The van der Waals surface area contributed by atoms with Crippen LogP contribution in [0.3, 0.4) is 0 Å². The van der Waals surface area contributed by atoms with Crippen molar-refractivity contribution in [2.75, 3.05) is 59.4 Å². The van der Waals surface area contributed by atoms with Gasteiger partial charge in [0.2, 0.25) is 0 Å². The molecule has 0 amide bonds. The second kappa shape index (κ2) is 9.78. The Bertz CT molecular complexity index is 285. The third-order valence-corrected chi connectivity index (χ3v) is 4.11. The van der Waals surface area contributed by atoms with Crippen molar-refractivity contribution in [2.45, 2.75) is 19.8 Å². The predicted octanol–water partition coefficient (Wildman–Crippen LogP) is 0.817. The first-order valence-corrected chi connectivity index (χ1v) is 7.71. The smallest absolute Gasteiger partial charge is 0.191 e. The summed E-state index contributed by atoms with van der Waals surface area (Å²) in [5, 5.41) is 6.81. The van der Waals surface area contributed by atoms with Gasteiger partial charge in [-0.25, -0.2) is 0 Å². The highest BCUT2D eigenvalue weighted by atomic mass is 127. The van der Waals surface area contributed by atoms with Crippen molar-refractivity contribution in [1.82, 2.24) is 20.4 Å². The second-order valence-electron chi connectivity index (χ2n) is 5.60. The number of nitrogens with one attached hydrogen (secondary N) is 2. The lowest BCUT2D eigenvalue weighted by Crippen LogP contribution is -2.49. The lowest BCUT2D eigenvalue weighted by atomic mass is 10.3. The number of aliphatic imine (C=N–C) groups is 1. The molecule has 2 aliphatic rings. The molecule has 5 nitrogen and oxygen atoms in total. The molecular weight excluding hydrogens is 365 g/mol. The summed E-state index contributed by atoms with van der Waals surface area (Å²) in [6, 6.07) is 0. The highest BCUT2D eigenvalue weighted by Gasteiger charge is 2.21. The number of hydrogen-bond donors (Lipinski definition) is 2.